The number of nitrogens with zero attached hydrogens (tertiary/aromatic N) is 1. The summed E-state index contributed by atoms with van der Waals surface area (Å²) < 4.78 is 36.0. The number of hydrogen-bond donors (Lipinski definition) is 1. The molecule has 1 aliphatic rings. The molecule has 1 aromatic carbocycles. The van der Waals surface area contributed by atoms with Crippen molar-refractivity contribution < 1.29 is 27.5 Å². The van der Waals surface area contributed by atoms with Gasteiger partial charge in [-0.25, -0.2) is 13.2 Å². The normalized spacial score (nSPS) is 13.3. The molecule has 2 aromatic rings. The van der Waals surface area contributed by atoms with Gasteiger partial charge in [0.1, 0.15) is 17.3 Å². The quantitative estimate of drug-likeness (QED) is 0.601. The molecule has 0 unspecified atom stereocenters. The van der Waals surface area contributed by atoms with E-state index in [1.54, 1.807) is 6.07 Å². The lowest BCUT2D eigenvalue weighted by atomic mass is 9.95. The molecule has 0 fully saturated rings. The molecule has 168 valence electrons. The van der Waals surface area contributed by atoms with Crippen LogP contribution in [0.2, 0.25) is 5.02 Å². The second-order valence-corrected chi connectivity index (χ2v) is 10.5. The lowest BCUT2D eigenvalue weighted by Gasteiger charge is -2.24. The van der Waals surface area contributed by atoms with Gasteiger partial charge in [-0.05, 0) is 49.4 Å². The largest absolute Gasteiger partial charge is 0.495 e. The van der Waals surface area contributed by atoms with Gasteiger partial charge in [0, 0.05) is 9.90 Å². The maximum absolute atomic E-state index is 12.9. The van der Waals surface area contributed by atoms with Gasteiger partial charge in [0.25, 0.3) is 0 Å². The number of carbonyl (C=O) groups is 2. The summed E-state index contributed by atoms with van der Waals surface area (Å²) in [6.07, 6.45) is 4.52. The van der Waals surface area contributed by atoms with Crippen LogP contribution >= 0.6 is 22.9 Å². The van der Waals surface area contributed by atoms with Crippen LogP contribution in [0.4, 0.5) is 10.7 Å². The smallest absolute Gasteiger partial charge is 0.341 e. The summed E-state index contributed by atoms with van der Waals surface area (Å²) in [4.78, 5) is 26.3. The van der Waals surface area contributed by atoms with Gasteiger partial charge in [0.2, 0.25) is 15.9 Å². The van der Waals surface area contributed by atoms with Gasteiger partial charge < -0.3 is 14.8 Å². The number of ether oxygens (including phenoxy) is 2. The molecule has 0 atom stereocenters. The number of aryl methyl sites for hydroxylation is 1. The number of benzene rings is 1. The molecular weight excluding hydrogens is 464 g/mol. The molecule has 1 aromatic heterocycles. The molecular formula is C20H23ClN2O6S2. The molecule has 0 spiro atoms. The summed E-state index contributed by atoms with van der Waals surface area (Å²) in [5.74, 6) is -0.869. The number of amides is 1. The maximum atomic E-state index is 12.9. The number of halogens is 1. The first kappa shape index (κ1) is 23.4. The number of hydrogen-bond acceptors (Lipinski definition) is 7. The first-order valence-corrected chi connectivity index (χ1v) is 12.5. The number of thiophene rings is 1. The Morgan fingerprint density at radius 2 is 1.94 bits per heavy atom. The van der Waals surface area contributed by atoms with Crippen molar-refractivity contribution in [1.29, 1.82) is 0 Å². The van der Waals surface area contributed by atoms with Crippen molar-refractivity contribution in [3.63, 3.8) is 0 Å². The minimum absolute atomic E-state index is 0.145. The second kappa shape index (κ2) is 9.46. The number of sulfonamides is 1. The standard InChI is InChI=1S/C20H23ClN2O6S2/c1-28-15-9-8-12(21)10-14(15)23(31(3,26)27)11-17(24)22-19-18(20(25)29-2)13-6-4-5-7-16(13)30-19/h8-10H,4-7,11H2,1-3H3,(H,22,24). The molecule has 1 N–H and O–H groups in total. The zero-order chi connectivity index (χ0) is 22.8. The van der Waals surface area contributed by atoms with Crippen LogP contribution in [0.5, 0.6) is 5.75 Å². The van der Waals surface area contributed by atoms with Crippen LogP contribution in [-0.2, 0) is 32.4 Å². The van der Waals surface area contributed by atoms with Crippen LogP contribution in [0, 0.1) is 0 Å². The number of nitrogens with one attached hydrogen (secondary N) is 1. The summed E-state index contributed by atoms with van der Waals surface area (Å²) in [7, 11) is -1.16. The van der Waals surface area contributed by atoms with E-state index in [0.29, 0.717) is 15.6 Å². The zero-order valence-electron chi connectivity index (χ0n) is 17.4. The monoisotopic (exact) mass is 486 g/mol. The average Bonchev–Trinajstić information content (AvgIpc) is 3.08. The highest BCUT2D eigenvalue weighted by molar-refractivity contribution is 7.92. The van der Waals surface area contributed by atoms with E-state index in [-0.39, 0.29) is 11.4 Å². The van der Waals surface area contributed by atoms with E-state index >= 15 is 0 Å². The Balaban J connectivity index is 1.92. The zero-order valence-corrected chi connectivity index (χ0v) is 19.7. The minimum atomic E-state index is -3.84. The van der Waals surface area contributed by atoms with Gasteiger partial charge in [0.15, 0.2) is 0 Å². The highest BCUT2D eigenvalue weighted by atomic mass is 35.5. The fourth-order valence-electron chi connectivity index (χ4n) is 3.51. The number of anilines is 2. The van der Waals surface area contributed by atoms with Gasteiger partial charge in [-0.1, -0.05) is 11.6 Å². The summed E-state index contributed by atoms with van der Waals surface area (Å²) in [6, 6.07) is 4.50. The molecule has 0 aliphatic heterocycles. The Morgan fingerprint density at radius 1 is 1.23 bits per heavy atom. The van der Waals surface area contributed by atoms with Gasteiger partial charge >= 0.3 is 5.97 Å². The predicted molar refractivity (Wildman–Crippen MR) is 121 cm³/mol. The summed E-state index contributed by atoms with van der Waals surface area (Å²) in [5, 5.41) is 3.37. The Morgan fingerprint density at radius 3 is 2.58 bits per heavy atom. The highest BCUT2D eigenvalue weighted by Gasteiger charge is 2.29. The minimum Gasteiger partial charge on any atom is -0.495 e. The molecule has 8 nitrogen and oxygen atoms in total. The lowest BCUT2D eigenvalue weighted by molar-refractivity contribution is -0.114. The van der Waals surface area contributed by atoms with Gasteiger partial charge in [0.05, 0.1) is 31.7 Å². The van der Waals surface area contributed by atoms with E-state index in [2.05, 4.69) is 5.32 Å². The summed E-state index contributed by atoms with van der Waals surface area (Å²) in [5.41, 5.74) is 1.39. The Labute approximate surface area is 190 Å². The first-order valence-electron chi connectivity index (χ1n) is 9.49. The molecule has 3 rings (SSSR count). The van der Waals surface area contributed by atoms with Crippen LogP contribution < -0.4 is 14.4 Å². The topological polar surface area (TPSA) is 102 Å². The van der Waals surface area contributed by atoms with Crippen LogP contribution in [0.3, 0.4) is 0 Å². The third-order valence-corrected chi connectivity index (χ3v) is 7.48. The van der Waals surface area contributed by atoms with Crippen molar-refractivity contribution in [3.8, 4) is 5.75 Å². The van der Waals surface area contributed by atoms with Crippen molar-refractivity contribution in [1.82, 2.24) is 0 Å². The van der Waals surface area contributed by atoms with E-state index in [4.69, 9.17) is 21.1 Å². The molecule has 1 amide bonds. The Bertz CT molecular complexity index is 1110. The Kier molecular flexibility index (Phi) is 7.13. The number of methoxy groups -OCH3 is 2. The van der Waals surface area contributed by atoms with Gasteiger partial charge in [-0.15, -0.1) is 11.3 Å². The molecule has 1 heterocycles. The third-order valence-electron chi connectivity index (χ3n) is 4.91. The fraction of sp³-hybridized carbons (Fsp3) is 0.400. The van der Waals surface area contributed by atoms with E-state index in [0.717, 1.165) is 46.7 Å². The van der Waals surface area contributed by atoms with Crippen molar-refractivity contribution in [2.45, 2.75) is 25.7 Å². The predicted octanol–water partition coefficient (Wildman–Crippen LogP) is 3.48. The van der Waals surface area contributed by atoms with E-state index in [9.17, 15) is 18.0 Å². The van der Waals surface area contributed by atoms with Crippen molar-refractivity contribution >= 4 is 55.5 Å². The van der Waals surface area contributed by atoms with Crippen LogP contribution in [0.1, 0.15) is 33.6 Å². The molecule has 0 saturated heterocycles. The number of rotatable bonds is 7. The summed E-state index contributed by atoms with van der Waals surface area (Å²) in [6.45, 7) is -0.515. The maximum Gasteiger partial charge on any atom is 0.341 e. The molecule has 0 saturated carbocycles. The third kappa shape index (κ3) is 5.13. The number of fused-ring (bicyclic) bond motifs is 1. The molecule has 0 bridgehead atoms. The van der Waals surface area contributed by atoms with E-state index in [1.807, 2.05) is 0 Å². The number of esters is 1. The fourth-order valence-corrected chi connectivity index (χ4v) is 5.82. The van der Waals surface area contributed by atoms with Gasteiger partial charge in [-0.3, -0.25) is 9.10 Å². The van der Waals surface area contributed by atoms with Crippen molar-refractivity contribution in [2.24, 2.45) is 0 Å². The Hall–Kier alpha value is -2.30. The SMILES string of the molecule is COC(=O)c1c(NC(=O)CN(c2cc(Cl)ccc2OC)S(C)(=O)=O)sc2c1CCCC2. The van der Waals surface area contributed by atoms with Gasteiger partial charge in [-0.2, -0.15) is 0 Å². The lowest BCUT2D eigenvalue weighted by Crippen LogP contribution is -2.37. The molecule has 11 heteroatoms. The summed E-state index contributed by atoms with van der Waals surface area (Å²) >= 11 is 7.36. The highest BCUT2D eigenvalue weighted by Crippen LogP contribution is 2.39. The number of carbonyl (C=O) groups excluding carboxylic acids is 2. The average molecular weight is 487 g/mol. The van der Waals surface area contributed by atoms with Crippen LogP contribution in [-0.4, -0.2) is 47.3 Å². The van der Waals surface area contributed by atoms with E-state index in [1.165, 1.54) is 37.7 Å². The van der Waals surface area contributed by atoms with Crippen molar-refractivity contribution in [3.05, 3.63) is 39.2 Å². The van der Waals surface area contributed by atoms with Crippen molar-refractivity contribution in [2.75, 3.05) is 36.6 Å². The first-order chi connectivity index (χ1) is 14.7. The molecule has 31 heavy (non-hydrogen) atoms. The van der Waals surface area contributed by atoms with Crippen LogP contribution in [0.15, 0.2) is 18.2 Å². The van der Waals surface area contributed by atoms with E-state index < -0.39 is 28.4 Å². The van der Waals surface area contributed by atoms with Crippen LogP contribution in [0.25, 0.3) is 0 Å². The molecule has 0 radical (unpaired) electrons. The second-order valence-electron chi connectivity index (χ2n) is 7.04. The molecule has 1 aliphatic carbocycles.